The number of fused-ring (bicyclic) bond motifs is 5. The molecule has 1 heteroatoms. The monoisotopic (exact) mass is 263 g/mol. The normalized spacial score (nSPS) is 30.6. The van der Waals surface area contributed by atoms with Gasteiger partial charge in [-0.15, -0.1) is 0 Å². The maximum Gasteiger partial charge on any atom is 0.0428 e. The van der Waals surface area contributed by atoms with Crippen LogP contribution in [0.15, 0.2) is 48.5 Å². The van der Waals surface area contributed by atoms with Gasteiger partial charge in [0.1, 0.15) is 0 Å². The second kappa shape index (κ2) is 4.12. The summed E-state index contributed by atoms with van der Waals surface area (Å²) in [5, 5.41) is 0. The highest BCUT2D eigenvalue weighted by Gasteiger charge is 2.46. The molecule has 1 aliphatic heterocycles. The molecule has 0 radical (unpaired) electrons. The van der Waals surface area contributed by atoms with E-state index >= 15 is 0 Å². The van der Waals surface area contributed by atoms with Crippen molar-refractivity contribution in [2.75, 3.05) is 11.9 Å². The van der Waals surface area contributed by atoms with E-state index in [1.807, 2.05) is 0 Å². The third-order valence-electron chi connectivity index (χ3n) is 5.59. The smallest absolute Gasteiger partial charge is 0.0428 e. The van der Waals surface area contributed by atoms with Gasteiger partial charge in [0.05, 0.1) is 0 Å². The molecule has 2 aromatic rings. The van der Waals surface area contributed by atoms with Crippen LogP contribution in [0.4, 0.5) is 5.69 Å². The first kappa shape index (κ1) is 12.0. The van der Waals surface area contributed by atoms with Crippen LogP contribution >= 0.6 is 0 Å². The van der Waals surface area contributed by atoms with E-state index in [0.29, 0.717) is 23.8 Å². The Bertz CT molecular complexity index is 660. The van der Waals surface area contributed by atoms with Crippen LogP contribution in [0, 0.1) is 5.92 Å². The van der Waals surface area contributed by atoms with Crippen molar-refractivity contribution in [2.24, 2.45) is 5.92 Å². The van der Waals surface area contributed by atoms with Crippen LogP contribution in [-0.2, 0) is 0 Å². The van der Waals surface area contributed by atoms with E-state index in [4.69, 9.17) is 0 Å². The van der Waals surface area contributed by atoms with Crippen molar-refractivity contribution in [1.82, 2.24) is 0 Å². The molecule has 4 unspecified atom stereocenters. The van der Waals surface area contributed by atoms with Gasteiger partial charge in [-0.25, -0.2) is 0 Å². The molecule has 1 heterocycles. The minimum absolute atomic E-state index is 0.540. The minimum Gasteiger partial charge on any atom is -0.370 e. The molecular weight excluding hydrogens is 242 g/mol. The Morgan fingerprint density at radius 2 is 1.40 bits per heavy atom. The summed E-state index contributed by atoms with van der Waals surface area (Å²) in [6.07, 6.45) is 0. The molecule has 1 nitrogen and oxygen atoms in total. The van der Waals surface area contributed by atoms with E-state index in [9.17, 15) is 0 Å². The number of hydrogen-bond acceptors (Lipinski definition) is 1. The molecule has 0 fully saturated rings. The maximum absolute atomic E-state index is 2.51. The topological polar surface area (TPSA) is 3.24 Å². The number of anilines is 1. The molecule has 20 heavy (non-hydrogen) atoms. The summed E-state index contributed by atoms with van der Waals surface area (Å²) in [4.78, 5) is 2.51. The van der Waals surface area contributed by atoms with Crippen molar-refractivity contribution in [1.29, 1.82) is 0 Å². The Kier molecular flexibility index (Phi) is 2.47. The number of para-hydroxylation sites is 1. The SMILES string of the molecule is CC1c2ccccc2C2c3ccccc3N(C)C2C1C. The van der Waals surface area contributed by atoms with Gasteiger partial charge >= 0.3 is 0 Å². The van der Waals surface area contributed by atoms with E-state index < -0.39 is 0 Å². The fraction of sp³-hybridized carbons (Fsp3) is 0.368. The van der Waals surface area contributed by atoms with Gasteiger partial charge in [-0.1, -0.05) is 56.3 Å². The molecule has 0 N–H and O–H groups in total. The first-order chi connectivity index (χ1) is 9.70. The Labute approximate surface area is 121 Å². The number of benzene rings is 2. The van der Waals surface area contributed by atoms with E-state index in [0.717, 1.165) is 0 Å². The molecule has 4 atom stereocenters. The Morgan fingerprint density at radius 3 is 2.15 bits per heavy atom. The standard InChI is InChI=1S/C19H21N/c1-12-13(2)19-18(15-9-5-4-8-14(12)15)16-10-6-7-11-17(16)20(19)3/h4-13,18-19H,1-3H3. The number of hydrogen-bond donors (Lipinski definition) is 0. The molecule has 0 saturated heterocycles. The lowest BCUT2D eigenvalue weighted by atomic mass is 9.68. The Balaban J connectivity index is 1.98. The predicted octanol–water partition coefficient (Wildman–Crippen LogP) is 4.39. The summed E-state index contributed by atoms with van der Waals surface area (Å²) in [6.45, 7) is 4.80. The number of rotatable bonds is 0. The highest BCUT2D eigenvalue weighted by molar-refractivity contribution is 5.66. The molecule has 0 bridgehead atoms. The van der Waals surface area contributed by atoms with E-state index in [-0.39, 0.29) is 0 Å². The van der Waals surface area contributed by atoms with E-state index in [2.05, 4.69) is 74.3 Å². The second-order valence-corrected chi connectivity index (χ2v) is 6.41. The molecule has 0 saturated carbocycles. The maximum atomic E-state index is 2.51. The number of nitrogens with zero attached hydrogens (tertiary/aromatic N) is 1. The first-order valence-electron chi connectivity index (χ1n) is 7.60. The van der Waals surface area contributed by atoms with Gasteiger partial charge in [-0.05, 0) is 34.6 Å². The quantitative estimate of drug-likeness (QED) is 0.681. The van der Waals surface area contributed by atoms with Crippen LogP contribution in [0.25, 0.3) is 0 Å². The first-order valence-corrected chi connectivity index (χ1v) is 7.60. The largest absolute Gasteiger partial charge is 0.370 e. The summed E-state index contributed by atoms with van der Waals surface area (Å²) in [6, 6.07) is 18.6. The Morgan fingerprint density at radius 1 is 0.800 bits per heavy atom. The van der Waals surface area contributed by atoms with Crippen molar-refractivity contribution in [3.8, 4) is 0 Å². The molecule has 102 valence electrons. The lowest BCUT2D eigenvalue weighted by Gasteiger charge is -2.41. The second-order valence-electron chi connectivity index (χ2n) is 6.41. The fourth-order valence-corrected chi connectivity index (χ4v) is 4.44. The molecule has 1 aliphatic carbocycles. The van der Waals surface area contributed by atoms with Crippen molar-refractivity contribution < 1.29 is 0 Å². The molecule has 0 aromatic heterocycles. The van der Waals surface area contributed by atoms with Crippen LogP contribution in [0.1, 0.15) is 42.4 Å². The van der Waals surface area contributed by atoms with E-state index in [1.54, 1.807) is 11.1 Å². The molecule has 0 spiro atoms. The van der Waals surface area contributed by atoms with Gasteiger partial charge in [0, 0.05) is 24.7 Å². The van der Waals surface area contributed by atoms with Crippen LogP contribution in [-0.4, -0.2) is 13.1 Å². The highest BCUT2D eigenvalue weighted by atomic mass is 15.2. The van der Waals surface area contributed by atoms with Crippen LogP contribution in [0.2, 0.25) is 0 Å². The zero-order valence-corrected chi connectivity index (χ0v) is 12.4. The highest BCUT2D eigenvalue weighted by Crippen LogP contribution is 2.53. The summed E-state index contributed by atoms with van der Waals surface area (Å²) >= 11 is 0. The lowest BCUT2D eigenvalue weighted by molar-refractivity contribution is 0.346. The average molecular weight is 263 g/mol. The molecule has 0 amide bonds. The van der Waals surface area contributed by atoms with Gasteiger partial charge < -0.3 is 4.90 Å². The summed E-state index contributed by atoms with van der Waals surface area (Å²) < 4.78 is 0. The molecular formula is C19H21N. The van der Waals surface area contributed by atoms with Gasteiger partial charge in [-0.3, -0.25) is 0 Å². The lowest BCUT2D eigenvalue weighted by Crippen LogP contribution is -2.42. The Hall–Kier alpha value is -1.76. The third kappa shape index (κ3) is 1.38. The van der Waals surface area contributed by atoms with Crippen molar-refractivity contribution in [2.45, 2.75) is 31.7 Å². The summed E-state index contributed by atoms with van der Waals surface area (Å²) in [5.41, 5.74) is 6.01. The van der Waals surface area contributed by atoms with Crippen molar-refractivity contribution in [3.63, 3.8) is 0 Å². The third-order valence-corrected chi connectivity index (χ3v) is 5.59. The predicted molar refractivity (Wildman–Crippen MR) is 84.5 cm³/mol. The van der Waals surface area contributed by atoms with Gasteiger partial charge in [-0.2, -0.15) is 0 Å². The van der Waals surface area contributed by atoms with E-state index in [1.165, 1.54) is 11.3 Å². The molecule has 2 aliphatic rings. The molecule has 2 aromatic carbocycles. The fourth-order valence-electron chi connectivity index (χ4n) is 4.44. The molecule has 4 rings (SSSR count). The minimum atomic E-state index is 0.540. The summed E-state index contributed by atoms with van der Waals surface area (Å²) in [5.74, 6) is 1.84. The zero-order chi connectivity index (χ0) is 13.9. The van der Waals surface area contributed by atoms with Crippen LogP contribution in [0.5, 0.6) is 0 Å². The number of likely N-dealkylation sites (N-methyl/N-ethyl adjacent to an activating group) is 1. The van der Waals surface area contributed by atoms with Gasteiger partial charge in [0.25, 0.3) is 0 Å². The zero-order valence-electron chi connectivity index (χ0n) is 12.4. The van der Waals surface area contributed by atoms with Crippen LogP contribution in [0.3, 0.4) is 0 Å². The van der Waals surface area contributed by atoms with Crippen molar-refractivity contribution >= 4 is 5.69 Å². The van der Waals surface area contributed by atoms with Gasteiger partial charge in [0.15, 0.2) is 0 Å². The van der Waals surface area contributed by atoms with Crippen molar-refractivity contribution in [3.05, 3.63) is 65.2 Å². The van der Waals surface area contributed by atoms with Crippen LogP contribution < -0.4 is 4.90 Å². The average Bonchev–Trinajstić information content (AvgIpc) is 2.79. The van der Waals surface area contributed by atoms with Gasteiger partial charge in [0.2, 0.25) is 0 Å². The summed E-state index contributed by atoms with van der Waals surface area (Å²) in [7, 11) is 2.26.